The molecular formula is C14H21N3O2. The molecule has 104 valence electrons. The lowest BCUT2D eigenvalue weighted by Crippen LogP contribution is -2.43. The van der Waals surface area contributed by atoms with Crippen LogP contribution in [0.1, 0.15) is 12.8 Å². The molecule has 2 aliphatic heterocycles. The number of aromatic nitrogens is 1. The van der Waals surface area contributed by atoms with Crippen LogP contribution in [-0.2, 0) is 4.74 Å². The Balaban J connectivity index is 1.58. The van der Waals surface area contributed by atoms with Gasteiger partial charge < -0.3 is 19.7 Å². The molecule has 1 unspecified atom stereocenters. The van der Waals surface area contributed by atoms with Crippen LogP contribution in [0, 0.1) is 0 Å². The predicted molar refractivity (Wildman–Crippen MR) is 73.8 cm³/mol. The van der Waals surface area contributed by atoms with Crippen LogP contribution in [0.25, 0.3) is 0 Å². The van der Waals surface area contributed by atoms with Crippen LogP contribution < -0.4 is 15.0 Å². The van der Waals surface area contributed by atoms with E-state index in [2.05, 4.69) is 21.3 Å². The zero-order chi connectivity index (χ0) is 12.9. The van der Waals surface area contributed by atoms with Crippen molar-refractivity contribution in [2.75, 3.05) is 44.3 Å². The molecule has 1 N–H and O–H groups in total. The first-order chi connectivity index (χ1) is 9.42. The molecule has 1 aromatic rings. The molecule has 0 amide bonds. The highest BCUT2D eigenvalue weighted by atomic mass is 16.5. The number of hydrogen-bond donors (Lipinski definition) is 1. The summed E-state index contributed by atoms with van der Waals surface area (Å²) in [6, 6.07) is 2.08. The minimum atomic E-state index is 0.253. The molecule has 0 saturated carbocycles. The Hall–Kier alpha value is -1.33. The van der Waals surface area contributed by atoms with Gasteiger partial charge in [-0.05, 0) is 12.8 Å². The van der Waals surface area contributed by atoms with Gasteiger partial charge in [0, 0.05) is 38.9 Å². The molecule has 0 radical (unpaired) electrons. The van der Waals surface area contributed by atoms with Crippen molar-refractivity contribution < 1.29 is 9.47 Å². The Labute approximate surface area is 113 Å². The smallest absolute Gasteiger partial charge is 0.139 e. The normalized spacial score (nSPS) is 23.6. The van der Waals surface area contributed by atoms with E-state index in [4.69, 9.17) is 9.47 Å². The van der Waals surface area contributed by atoms with Crippen LogP contribution in [0.5, 0.6) is 5.75 Å². The molecule has 2 saturated heterocycles. The van der Waals surface area contributed by atoms with E-state index in [1.54, 1.807) is 6.20 Å². The molecule has 5 heteroatoms. The first-order valence-electron chi connectivity index (χ1n) is 7.07. The zero-order valence-electron chi connectivity index (χ0n) is 11.2. The van der Waals surface area contributed by atoms with Crippen molar-refractivity contribution in [1.29, 1.82) is 0 Å². The van der Waals surface area contributed by atoms with Crippen LogP contribution in [0.15, 0.2) is 18.5 Å². The Morgan fingerprint density at radius 2 is 2.26 bits per heavy atom. The van der Waals surface area contributed by atoms with Gasteiger partial charge in [0.05, 0.1) is 24.2 Å². The number of hydrogen-bond acceptors (Lipinski definition) is 5. The van der Waals surface area contributed by atoms with E-state index in [-0.39, 0.29) is 6.10 Å². The van der Waals surface area contributed by atoms with Crippen LogP contribution in [-0.4, -0.2) is 50.5 Å². The van der Waals surface area contributed by atoms with Gasteiger partial charge in [-0.25, -0.2) is 0 Å². The minimum absolute atomic E-state index is 0.253. The predicted octanol–water partition coefficient (Wildman–Crippen LogP) is 1.05. The van der Waals surface area contributed by atoms with Gasteiger partial charge in [-0.1, -0.05) is 0 Å². The van der Waals surface area contributed by atoms with Gasteiger partial charge in [-0.15, -0.1) is 0 Å². The number of piperazine rings is 1. The Morgan fingerprint density at radius 1 is 1.37 bits per heavy atom. The van der Waals surface area contributed by atoms with E-state index in [1.807, 2.05) is 6.20 Å². The average Bonchev–Trinajstić information content (AvgIpc) is 3.00. The van der Waals surface area contributed by atoms with E-state index in [0.29, 0.717) is 6.61 Å². The summed E-state index contributed by atoms with van der Waals surface area (Å²) in [5, 5.41) is 3.35. The zero-order valence-corrected chi connectivity index (χ0v) is 11.2. The van der Waals surface area contributed by atoms with Crippen LogP contribution in [0.4, 0.5) is 5.69 Å². The van der Waals surface area contributed by atoms with E-state index in [0.717, 1.165) is 57.1 Å². The highest BCUT2D eigenvalue weighted by molar-refractivity contribution is 5.48. The number of anilines is 1. The molecule has 2 fully saturated rings. The van der Waals surface area contributed by atoms with Crippen LogP contribution >= 0.6 is 0 Å². The fourth-order valence-electron chi connectivity index (χ4n) is 2.55. The third-order valence-electron chi connectivity index (χ3n) is 3.64. The lowest BCUT2D eigenvalue weighted by molar-refractivity contribution is 0.0678. The highest BCUT2D eigenvalue weighted by Gasteiger charge is 2.16. The maximum absolute atomic E-state index is 5.79. The highest BCUT2D eigenvalue weighted by Crippen LogP contribution is 2.21. The molecule has 1 aromatic heterocycles. The van der Waals surface area contributed by atoms with E-state index in [1.165, 1.54) is 0 Å². The maximum Gasteiger partial charge on any atom is 0.139 e. The molecule has 0 bridgehead atoms. The van der Waals surface area contributed by atoms with Crippen molar-refractivity contribution in [2.45, 2.75) is 18.9 Å². The largest absolute Gasteiger partial charge is 0.489 e. The first kappa shape index (κ1) is 12.7. The SMILES string of the molecule is c1ncc(N2CCNCC2)cc1OCC1CCCO1. The summed E-state index contributed by atoms with van der Waals surface area (Å²) in [7, 11) is 0. The van der Waals surface area contributed by atoms with Crippen molar-refractivity contribution in [1.82, 2.24) is 10.3 Å². The quantitative estimate of drug-likeness (QED) is 0.880. The van der Waals surface area contributed by atoms with E-state index < -0.39 is 0 Å². The number of ether oxygens (including phenoxy) is 2. The van der Waals surface area contributed by atoms with Crippen LogP contribution in [0.2, 0.25) is 0 Å². The summed E-state index contributed by atoms with van der Waals surface area (Å²) < 4.78 is 11.3. The first-order valence-corrected chi connectivity index (χ1v) is 7.07. The second-order valence-corrected chi connectivity index (χ2v) is 5.06. The van der Waals surface area contributed by atoms with Crippen molar-refractivity contribution in [3.63, 3.8) is 0 Å². The maximum atomic E-state index is 5.79. The van der Waals surface area contributed by atoms with Crippen molar-refractivity contribution >= 4 is 5.69 Å². The Kier molecular flexibility index (Phi) is 4.15. The molecule has 0 aromatic carbocycles. The average molecular weight is 263 g/mol. The molecule has 1 atom stereocenters. The van der Waals surface area contributed by atoms with Gasteiger partial charge in [-0.3, -0.25) is 4.98 Å². The van der Waals surface area contributed by atoms with E-state index >= 15 is 0 Å². The van der Waals surface area contributed by atoms with Crippen molar-refractivity contribution in [2.24, 2.45) is 0 Å². The molecule has 2 aliphatic rings. The van der Waals surface area contributed by atoms with Gasteiger partial charge in [0.1, 0.15) is 12.4 Å². The van der Waals surface area contributed by atoms with E-state index in [9.17, 15) is 0 Å². The van der Waals surface area contributed by atoms with Gasteiger partial charge in [0.25, 0.3) is 0 Å². The molecule has 0 spiro atoms. The third kappa shape index (κ3) is 3.36. The topological polar surface area (TPSA) is 46.6 Å². The molecule has 3 heterocycles. The van der Waals surface area contributed by atoms with Crippen molar-refractivity contribution in [3.8, 4) is 5.75 Å². The van der Waals surface area contributed by atoms with Gasteiger partial charge in [0.2, 0.25) is 0 Å². The summed E-state index contributed by atoms with van der Waals surface area (Å²) in [5.74, 6) is 0.839. The lowest BCUT2D eigenvalue weighted by atomic mass is 10.2. The third-order valence-corrected chi connectivity index (χ3v) is 3.64. The second-order valence-electron chi connectivity index (χ2n) is 5.06. The summed E-state index contributed by atoms with van der Waals surface area (Å²) in [6.07, 6.45) is 6.19. The Morgan fingerprint density at radius 3 is 3.05 bits per heavy atom. The number of nitrogens with one attached hydrogen (secondary N) is 1. The van der Waals surface area contributed by atoms with Gasteiger partial charge >= 0.3 is 0 Å². The summed E-state index contributed by atoms with van der Waals surface area (Å²) in [5.41, 5.74) is 1.14. The number of nitrogens with zero attached hydrogens (tertiary/aromatic N) is 2. The summed E-state index contributed by atoms with van der Waals surface area (Å²) >= 11 is 0. The molecule has 19 heavy (non-hydrogen) atoms. The minimum Gasteiger partial charge on any atom is -0.489 e. The standard InChI is InChI=1S/C14H21N3O2/c1-2-13(18-7-1)11-19-14-8-12(9-16-10-14)17-5-3-15-4-6-17/h8-10,13,15H,1-7,11H2. The number of pyridine rings is 1. The van der Waals surface area contributed by atoms with Crippen molar-refractivity contribution in [3.05, 3.63) is 18.5 Å². The lowest BCUT2D eigenvalue weighted by Gasteiger charge is -2.29. The number of rotatable bonds is 4. The fourth-order valence-corrected chi connectivity index (χ4v) is 2.55. The second kappa shape index (κ2) is 6.21. The van der Waals surface area contributed by atoms with Crippen LogP contribution in [0.3, 0.4) is 0 Å². The van der Waals surface area contributed by atoms with Gasteiger partial charge in [-0.2, -0.15) is 0 Å². The summed E-state index contributed by atoms with van der Waals surface area (Å²) in [4.78, 5) is 6.61. The van der Waals surface area contributed by atoms with Gasteiger partial charge in [0.15, 0.2) is 0 Å². The molecule has 0 aliphatic carbocycles. The molecule has 3 rings (SSSR count). The molecule has 5 nitrogen and oxygen atoms in total. The Bertz CT molecular complexity index is 401. The molecular weight excluding hydrogens is 242 g/mol. The summed E-state index contributed by atoms with van der Waals surface area (Å²) in [6.45, 7) is 5.61. The monoisotopic (exact) mass is 263 g/mol. The fraction of sp³-hybridized carbons (Fsp3) is 0.643.